The van der Waals surface area contributed by atoms with Gasteiger partial charge in [0, 0.05) is 0 Å². The number of benzene rings is 1. The summed E-state index contributed by atoms with van der Waals surface area (Å²) >= 11 is 5.61. The summed E-state index contributed by atoms with van der Waals surface area (Å²) in [7, 11) is 0. The van der Waals surface area contributed by atoms with E-state index < -0.39 is 11.7 Å². The first kappa shape index (κ1) is 11.9. The van der Waals surface area contributed by atoms with Gasteiger partial charge >= 0.3 is 6.18 Å². The quantitative estimate of drug-likeness (QED) is 0.778. The fourth-order valence-corrected chi connectivity index (χ4v) is 1.57. The van der Waals surface area contributed by atoms with Gasteiger partial charge in [-0.1, -0.05) is 6.07 Å². The first-order valence-corrected chi connectivity index (χ1v) is 5.18. The Kier molecular flexibility index (Phi) is 3.06. The molecule has 0 spiro atoms. The molecule has 1 aromatic carbocycles. The summed E-state index contributed by atoms with van der Waals surface area (Å²) in [6.07, 6.45) is -3.13. The number of alkyl halides is 4. The van der Waals surface area contributed by atoms with Gasteiger partial charge in [0.2, 0.25) is 0 Å². The maximum Gasteiger partial charge on any atom is 0.416 e. The van der Waals surface area contributed by atoms with Crippen molar-refractivity contribution >= 4 is 11.6 Å². The lowest BCUT2D eigenvalue weighted by Crippen LogP contribution is -2.07. The molecule has 0 saturated carbocycles. The van der Waals surface area contributed by atoms with E-state index in [1.807, 2.05) is 0 Å². The van der Waals surface area contributed by atoms with Gasteiger partial charge in [-0.25, -0.2) is 9.67 Å². The van der Waals surface area contributed by atoms with Crippen molar-refractivity contribution in [2.75, 3.05) is 0 Å². The molecule has 0 bridgehead atoms. The summed E-state index contributed by atoms with van der Waals surface area (Å²) in [5.74, 6) is 0.474. The normalized spacial score (nSPS) is 11.8. The van der Waals surface area contributed by atoms with Crippen LogP contribution in [0.25, 0.3) is 5.69 Å². The molecule has 1 heterocycles. The van der Waals surface area contributed by atoms with Gasteiger partial charge < -0.3 is 0 Å². The molecule has 1 aromatic heterocycles. The molecule has 0 radical (unpaired) electrons. The second-order valence-electron chi connectivity index (χ2n) is 3.27. The van der Waals surface area contributed by atoms with Crippen LogP contribution in [0.4, 0.5) is 13.2 Å². The van der Waals surface area contributed by atoms with Crippen LogP contribution >= 0.6 is 11.6 Å². The van der Waals surface area contributed by atoms with Crippen molar-refractivity contribution in [3.8, 4) is 5.69 Å². The van der Waals surface area contributed by atoms with Crippen LogP contribution in [0.1, 0.15) is 11.4 Å². The largest absolute Gasteiger partial charge is 0.416 e. The van der Waals surface area contributed by atoms with Crippen LogP contribution in [0.15, 0.2) is 30.6 Å². The smallest absolute Gasteiger partial charge is 0.218 e. The molecule has 0 atom stereocenters. The third kappa shape index (κ3) is 2.41. The van der Waals surface area contributed by atoms with E-state index in [2.05, 4.69) is 10.1 Å². The molecule has 2 aromatic rings. The van der Waals surface area contributed by atoms with Crippen LogP contribution in [0.2, 0.25) is 0 Å². The summed E-state index contributed by atoms with van der Waals surface area (Å²) < 4.78 is 38.8. The van der Waals surface area contributed by atoms with Crippen LogP contribution in [-0.2, 0) is 12.1 Å². The Morgan fingerprint density at radius 3 is 2.71 bits per heavy atom. The first-order chi connectivity index (χ1) is 8.02. The van der Waals surface area contributed by atoms with Gasteiger partial charge in [-0.05, 0) is 18.2 Å². The van der Waals surface area contributed by atoms with E-state index >= 15 is 0 Å². The number of aromatic nitrogens is 3. The number of hydrogen-bond acceptors (Lipinski definition) is 2. The standard InChI is InChI=1S/C10H7ClF3N3/c11-5-9-15-6-16-17(9)8-3-1-2-7(4-8)10(12,13)14/h1-4,6H,5H2. The van der Waals surface area contributed by atoms with Crippen molar-refractivity contribution in [1.29, 1.82) is 0 Å². The monoisotopic (exact) mass is 261 g/mol. The third-order valence-electron chi connectivity index (χ3n) is 2.16. The fraction of sp³-hybridized carbons (Fsp3) is 0.200. The fourth-order valence-electron chi connectivity index (χ4n) is 1.39. The predicted molar refractivity (Wildman–Crippen MR) is 55.9 cm³/mol. The molecule has 0 aliphatic carbocycles. The number of rotatable bonds is 2. The van der Waals surface area contributed by atoms with Gasteiger partial charge in [0.1, 0.15) is 12.2 Å². The SMILES string of the molecule is FC(F)(F)c1cccc(-n2ncnc2CCl)c1. The molecule has 90 valence electrons. The van der Waals surface area contributed by atoms with Crippen molar-refractivity contribution in [1.82, 2.24) is 14.8 Å². The zero-order valence-electron chi connectivity index (χ0n) is 8.45. The van der Waals surface area contributed by atoms with Gasteiger partial charge in [-0.3, -0.25) is 0 Å². The maximum absolute atomic E-state index is 12.5. The lowest BCUT2D eigenvalue weighted by atomic mass is 10.2. The van der Waals surface area contributed by atoms with Gasteiger partial charge in [-0.2, -0.15) is 18.3 Å². The average molecular weight is 262 g/mol. The van der Waals surface area contributed by atoms with Crippen LogP contribution in [0.3, 0.4) is 0 Å². The summed E-state index contributed by atoms with van der Waals surface area (Å²) in [4.78, 5) is 3.84. The molecule has 0 aliphatic rings. The van der Waals surface area contributed by atoms with Crippen LogP contribution in [0, 0.1) is 0 Å². The second-order valence-corrected chi connectivity index (χ2v) is 3.54. The average Bonchev–Trinajstić information content (AvgIpc) is 2.76. The zero-order chi connectivity index (χ0) is 12.5. The van der Waals surface area contributed by atoms with Gasteiger partial charge in [-0.15, -0.1) is 11.6 Å². The number of halogens is 4. The molecule has 0 aliphatic heterocycles. The Labute approximate surface area is 99.8 Å². The van der Waals surface area contributed by atoms with E-state index in [0.29, 0.717) is 5.82 Å². The summed E-state index contributed by atoms with van der Waals surface area (Å²) in [5, 5.41) is 3.83. The number of nitrogens with zero attached hydrogens (tertiary/aromatic N) is 3. The van der Waals surface area contributed by atoms with Crippen molar-refractivity contribution in [3.05, 3.63) is 42.0 Å². The molecule has 17 heavy (non-hydrogen) atoms. The second kappa shape index (κ2) is 4.37. The Morgan fingerprint density at radius 2 is 2.06 bits per heavy atom. The third-order valence-corrected chi connectivity index (χ3v) is 2.39. The minimum Gasteiger partial charge on any atom is -0.218 e. The Balaban J connectivity index is 2.47. The van der Waals surface area contributed by atoms with Crippen molar-refractivity contribution < 1.29 is 13.2 Å². The zero-order valence-corrected chi connectivity index (χ0v) is 9.20. The summed E-state index contributed by atoms with van der Waals surface area (Å²) in [5.41, 5.74) is -0.445. The Hall–Kier alpha value is -1.56. The molecule has 0 unspecified atom stereocenters. The first-order valence-electron chi connectivity index (χ1n) is 4.65. The molecule has 0 saturated heterocycles. The van der Waals surface area contributed by atoms with Crippen LogP contribution in [0.5, 0.6) is 0 Å². The summed E-state index contributed by atoms with van der Waals surface area (Å²) in [6, 6.07) is 4.84. The minimum atomic E-state index is -4.38. The number of hydrogen-bond donors (Lipinski definition) is 0. The molecular formula is C10H7ClF3N3. The van der Waals surface area contributed by atoms with Gasteiger partial charge in [0.15, 0.2) is 0 Å². The van der Waals surface area contributed by atoms with Gasteiger partial charge in [0.25, 0.3) is 0 Å². The van der Waals surface area contributed by atoms with E-state index in [4.69, 9.17) is 11.6 Å². The topological polar surface area (TPSA) is 30.7 Å². The van der Waals surface area contributed by atoms with Crippen LogP contribution < -0.4 is 0 Å². The van der Waals surface area contributed by atoms with Crippen LogP contribution in [-0.4, -0.2) is 14.8 Å². The van der Waals surface area contributed by atoms with E-state index in [0.717, 1.165) is 12.1 Å². The minimum absolute atomic E-state index is 0.0796. The molecule has 2 rings (SSSR count). The van der Waals surface area contributed by atoms with E-state index in [1.54, 1.807) is 0 Å². The van der Waals surface area contributed by atoms with E-state index in [-0.39, 0.29) is 11.6 Å². The molecule has 0 amide bonds. The van der Waals surface area contributed by atoms with E-state index in [9.17, 15) is 13.2 Å². The highest BCUT2D eigenvalue weighted by Gasteiger charge is 2.30. The highest BCUT2D eigenvalue weighted by Crippen LogP contribution is 2.30. The molecule has 3 nitrogen and oxygen atoms in total. The Morgan fingerprint density at radius 1 is 1.29 bits per heavy atom. The molecule has 7 heteroatoms. The van der Waals surface area contributed by atoms with Crippen molar-refractivity contribution in [2.45, 2.75) is 12.1 Å². The lowest BCUT2D eigenvalue weighted by molar-refractivity contribution is -0.137. The molecular weight excluding hydrogens is 255 g/mol. The van der Waals surface area contributed by atoms with Crippen molar-refractivity contribution in [3.63, 3.8) is 0 Å². The molecule has 0 fully saturated rings. The van der Waals surface area contributed by atoms with Gasteiger partial charge in [0.05, 0.1) is 17.1 Å². The highest BCUT2D eigenvalue weighted by molar-refractivity contribution is 6.16. The lowest BCUT2D eigenvalue weighted by Gasteiger charge is -2.09. The highest BCUT2D eigenvalue weighted by atomic mass is 35.5. The van der Waals surface area contributed by atoms with E-state index in [1.165, 1.54) is 23.1 Å². The Bertz CT molecular complexity index is 522. The molecule has 0 N–H and O–H groups in total. The maximum atomic E-state index is 12.5. The predicted octanol–water partition coefficient (Wildman–Crippen LogP) is 3.02. The van der Waals surface area contributed by atoms with Crippen molar-refractivity contribution in [2.24, 2.45) is 0 Å². The summed E-state index contributed by atoms with van der Waals surface area (Å²) in [6.45, 7) is 0.